The second-order valence-electron chi connectivity index (χ2n) is 12.5. The fourth-order valence-electron chi connectivity index (χ4n) is 6.44. The lowest BCUT2D eigenvalue weighted by Gasteiger charge is -2.41. The molecular weight excluding hydrogens is 559 g/mol. The summed E-state index contributed by atoms with van der Waals surface area (Å²) in [5.74, 6) is 0.754. The van der Waals surface area contributed by atoms with Gasteiger partial charge in [0.1, 0.15) is 24.6 Å². The van der Waals surface area contributed by atoms with E-state index in [1.54, 1.807) is 6.08 Å². The van der Waals surface area contributed by atoms with Crippen LogP contribution >= 0.6 is 0 Å². The molecule has 1 amide bonds. The van der Waals surface area contributed by atoms with E-state index in [4.69, 9.17) is 21.3 Å². The van der Waals surface area contributed by atoms with Gasteiger partial charge in [-0.3, -0.25) is 9.69 Å². The highest BCUT2D eigenvalue weighted by Crippen LogP contribution is 2.34. The molecule has 44 heavy (non-hydrogen) atoms. The molecule has 0 saturated carbocycles. The van der Waals surface area contributed by atoms with Crippen LogP contribution in [0.15, 0.2) is 30.4 Å². The zero-order valence-electron chi connectivity index (χ0n) is 26.7. The van der Waals surface area contributed by atoms with Gasteiger partial charge in [-0.15, -0.1) is 0 Å². The molecule has 2 aromatic rings. The van der Waals surface area contributed by atoms with Crippen molar-refractivity contribution in [2.24, 2.45) is 0 Å². The Balaban J connectivity index is 1.42. The summed E-state index contributed by atoms with van der Waals surface area (Å²) >= 11 is 0. The Bertz CT molecular complexity index is 1410. The Morgan fingerprint density at radius 1 is 1.16 bits per heavy atom. The molecule has 0 bridgehead atoms. The number of hydrogen-bond donors (Lipinski definition) is 0. The second-order valence-corrected chi connectivity index (χ2v) is 12.5. The molecule has 0 unspecified atom stereocenters. The van der Waals surface area contributed by atoms with Crippen LogP contribution in [0.3, 0.4) is 0 Å². The number of carbonyl (C=O) groups excluding carboxylic acids is 1. The van der Waals surface area contributed by atoms with Crippen LogP contribution in [0.2, 0.25) is 0 Å². The number of likely N-dealkylation sites (N-methyl/N-ethyl adjacent to an activating group) is 2. The molecule has 236 valence electrons. The van der Waals surface area contributed by atoms with Gasteiger partial charge < -0.3 is 29.2 Å². The smallest absolute Gasteiger partial charge is 0.318 e. The Morgan fingerprint density at radius 3 is 2.70 bits per heavy atom. The van der Waals surface area contributed by atoms with Gasteiger partial charge >= 0.3 is 6.01 Å². The van der Waals surface area contributed by atoms with Gasteiger partial charge in [-0.25, -0.2) is 11.0 Å². The summed E-state index contributed by atoms with van der Waals surface area (Å²) in [5.41, 5.74) is 5.73. The Morgan fingerprint density at radius 2 is 1.98 bits per heavy atom. The third-order valence-electron chi connectivity index (χ3n) is 9.08. The number of fused-ring (bicyclic) bond motifs is 1. The van der Waals surface area contributed by atoms with Crippen LogP contribution in [0, 0.1) is 20.4 Å². The minimum atomic E-state index is -0.851. The number of hydrogen-bond acceptors (Lipinski definition) is 8. The minimum absolute atomic E-state index is 0.0299. The van der Waals surface area contributed by atoms with Gasteiger partial charge in [0.25, 0.3) is 0 Å². The van der Waals surface area contributed by atoms with Crippen molar-refractivity contribution in [2.45, 2.75) is 51.5 Å². The van der Waals surface area contributed by atoms with E-state index in [1.807, 2.05) is 41.9 Å². The van der Waals surface area contributed by atoms with Crippen LogP contribution < -0.4 is 14.5 Å². The number of rotatable bonds is 9. The first kappa shape index (κ1) is 31.7. The summed E-state index contributed by atoms with van der Waals surface area (Å²) in [7, 11) is 5.84. The van der Waals surface area contributed by atoms with Crippen molar-refractivity contribution < 1.29 is 13.9 Å². The van der Waals surface area contributed by atoms with E-state index in [-0.39, 0.29) is 24.5 Å². The van der Waals surface area contributed by atoms with Crippen molar-refractivity contribution in [3.63, 3.8) is 0 Å². The van der Waals surface area contributed by atoms with Gasteiger partial charge in [0.15, 0.2) is 0 Å². The Labute approximate surface area is 260 Å². The number of carbonyl (C=O) groups is 1. The van der Waals surface area contributed by atoms with E-state index in [0.29, 0.717) is 58.3 Å². The molecule has 1 aromatic heterocycles. The molecule has 4 heterocycles. The lowest BCUT2D eigenvalue weighted by Crippen LogP contribution is -2.56. The van der Waals surface area contributed by atoms with E-state index in [9.17, 15) is 9.18 Å². The third-order valence-corrected chi connectivity index (χ3v) is 9.08. The standard InChI is InChI=1S/C33H45FN8O2/c1-23-9-7-10-30(24(23)2)40-14-12-28-29(21-40)36-33(44-22-26-17-25(34)19-39(26)6)37-32(28)41-15-16-42(27(20-41)18-35-3)31(43)11-8-13-38(4)5/h7-11,25-27H,12-22H2,1-2,4-6H3/b11-8+/t25-,26+,27+/m1/s1. The summed E-state index contributed by atoms with van der Waals surface area (Å²) < 4.78 is 20.2. The van der Waals surface area contributed by atoms with Crippen molar-refractivity contribution in [3.8, 4) is 6.01 Å². The van der Waals surface area contributed by atoms with Gasteiger partial charge in [0.2, 0.25) is 12.5 Å². The van der Waals surface area contributed by atoms with Crippen LogP contribution in [-0.2, 0) is 17.8 Å². The number of piperazine rings is 1. The number of aryl methyl sites for hydroxylation is 1. The van der Waals surface area contributed by atoms with Crippen LogP contribution in [0.4, 0.5) is 15.9 Å². The highest BCUT2D eigenvalue weighted by Gasteiger charge is 2.35. The quantitative estimate of drug-likeness (QED) is 0.320. The summed E-state index contributed by atoms with van der Waals surface area (Å²) in [4.78, 5) is 37.0. The molecule has 10 nitrogen and oxygen atoms in total. The maximum absolute atomic E-state index is 14.0. The number of amides is 1. The van der Waals surface area contributed by atoms with E-state index < -0.39 is 6.17 Å². The number of aromatic nitrogens is 2. The summed E-state index contributed by atoms with van der Waals surface area (Å²) in [5, 5.41) is 0. The van der Waals surface area contributed by atoms with Gasteiger partial charge in [-0.1, -0.05) is 18.2 Å². The largest absolute Gasteiger partial charge is 0.462 e. The van der Waals surface area contributed by atoms with Crippen LogP contribution in [0.1, 0.15) is 28.8 Å². The van der Waals surface area contributed by atoms with Crippen LogP contribution in [0.5, 0.6) is 6.01 Å². The highest BCUT2D eigenvalue weighted by atomic mass is 19.1. The first-order chi connectivity index (χ1) is 21.1. The Kier molecular flexibility index (Phi) is 10.0. The summed E-state index contributed by atoms with van der Waals surface area (Å²) in [6, 6.07) is 6.40. The second kappa shape index (κ2) is 13.9. The monoisotopic (exact) mass is 604 g/mol. The molecule has 11 heteroatoms. The molecule has 0 radical (unpaired) electrons. The molecule has 2 saturated heterocycles. The number of likely N-dealkylation sites (tertiary alicyclic amines) is 1. The number of nitrogens with zero attached hydrogens (tertiary/aromatic N) is 8. The molecule has 3 atom stereocenters. The molecule has 3 aliphatic rings. The fourth-order valence-corrected chi connectivity index (χ4v) is 6.44. The number of ether oxygens (including phenoxy) is 1. The third kappa shape index (κ3) is 7.13. The molecule has 3 aliphatic heterocycles. The topological polar surface area (TPSA) is 72.6 Å². The number of benzene rings is 1. The van der Waals surface area contributed by atoms with Crippen molar-refractivity contribution >= 4 is 17.4 Å². The van der Waals surface area contributed by atoms with Crippen LogP contribution in [-0.4, -0.2) is 122 Å². The SMILES string of the molecule is [C-]#[N+]C[C@H]1CN(c2nc(OC[C@@H]3C[C@@H](F)CN3C)nc3c2CCN(c2cccc(C)c2C)C3)CCN1C(=O)/C=C/CN(C)C. The van der Waals surface area contributed by atoms with Gasteiger partial charge in [0, 0.05) is 62.6 Å². The maximum atomic E-state index is 14.0. The summed E-state index contributed by atoms with van der Waals surface area (Å²) in [6.45, 7) is 16.6. The van der Waals surface area contributed by atoms with Crippen molar-refractivity contribution in [1.82, 2.24) is 24.7 Å². The average molecular weight is 605 g/mol. The summed E-state index contributed by atoms with van der Waals surface area (Å²) in [6.07, 6.45) is 3.84. The van der Waals surface area contributed by atoms with E-state index in [2.05, 4.69) is 46.7 Å². The molecule has 0 aliphatic carbocycles. The molecule has 0 spiro atoms. The predicted molar refractivity (Wildman–Crippen MR) is 171 cm³/mol. The first-order valence-corrected chi connectivity index (χ1v) is 15.5. The normalized spacial score (nSPS) is 22.5. The molecule has 5 rings (SSSR count). The van der Waals surface area contributed by atoms with Crippen molar-refractivity contribution in [3.05, 3.63) is 64.2 Å². The average Bonchev–Trinajstić information content (AvgIpc) is 3.32. The van der Waals surface area contributed by atoms with Crippen molar-refractivity contribution in [2.75, 3.05) is 83.4 Å². The van der Waals surface area contributed by atoms with E-state index >= 15 is 0 Å². The van der Waals surface area contributed by atoms with Gasteiger partial charge in [-0.05, 0) is 65.0 Å². The number of anilines is 2. The predicted octanol–water partition coefficient (Wildman–Crippen LogP) is 3.13. The maximum Gasteiger partial charge on any atom is 0.318 e. The minimum Gasteiger partial charge on any atom is -0.462 e. The van der Waals surface area contributed by atoms with Crippen molar-refractivity contribution in [1.29, 1.82) is 0 Å². The lowest BCUT2D eigenvalue weighted by molar-refractivity contribution is -0.128. The Hall–Kier alpha value is -3.75. The lowest BCUT2D eigenvalue weighted by atomic mass is 10.0. The number of alkyl halides is 1. The molecular formula is C33H45FN8O2. The van der Waals surface area contributed by atoms with Crippen LogP contribution in [0.25, 0.3) is 4.85 Å². The molecule has 2 fully saturated rings. The zero-order valence-corrected chi connectivity index (χ0v) is 26.7. The molecule has 1 aromatic carbocycles. The first-order valence-electron chi connectivity index (χ1n) is 15.5. The fraction of sp³-hybridized carbons (Fsp3) is 0.576. The van der Waals surface area contributed by atoms with Gasteiger partial charge in [-0.2, -0.15) is 9.97 Å². The number of halogens is 1. The van der Waals surface area contributed by atoms with E-state index in [1.165, 1.54) is 16.8 Å². The van der Waals surface area contributed by atoms with E-state index in [0.717, 1.165) is 30.0 Å². The zero-order chi connectivity index (χ0) is 31.4. The van der Waals surface area contributed by atoms with Gasteiger partial charge in [0.05, 0.1) is 12.2 Å². The highest BCUT2D eigenvalue weighted by molar-refractivity contribution is 5.88. The molecule has 0 N–H and O–H groups in total.